The third-order valence-corrected chi connectivity index (χ3v) is 4.53. The predicted octanol–water partition coefficient (Wildman–Crippen LogP) is 3.17. The fourth-order valence-corrected chi connectivity index (χ4v) is 3.11. The molecule has 0 saturated carbocycles. The van der Waals surface area contributed by atoms with Gasteiger partial charge < -0.3 is 19.1 Å². The third kappa shape index (κ3) is 4.30. The molecule has 0 aliphatic carbocycles. The first-order valence-electron chi connectivity index (χ1n) is 8.76. The van der Waals surface area contributed by atoms with Crippen LogP contribution in [0.15, 0.2) is 36.4 Å². The van der Waals surface area contributed by atoms with E-state index in [2.05, 4.69) is 18.2 Å². The summed E-state index contributed by atoms with van der Waals surface area (Å²) in [5.74, 6) is 0.979. The van der Waals surface area contributed by atoms with Crippen LogP contribution >= 0.6 is 0 Å². The molecule has 1 amide bonds. The van der Waals surface area contributed by atoms with Gasteiger partial charge in [-0.2, -0.15) is 0 Å². The molecule has 5 heteroatoms. The van der Waals surface area contributed by atoms with Crippen molar-refractivity contribution in [2.24, 2.45) is 0 Å². The lowest BCUT2D eigenvalue weighted by atomic mass is 10.0. The lowest BCUT2D eigenvalue weighted by Gasteiger charge is -2.33. The minimum atomic E-state index is -0.0868. The number of fused-ring (bicyclic) bond motifs is 1. The predicted molar refractivity (Wildman–Crippen MR) is 96.9 cm³/mol. The van der Waals surface area contributed by atoms with E-state index < -0.39 is 0 Å². The highest BCUT2D eigenvalue weighted by molar-refractivity contribution is 5.84. The topological polar surface area (TPSA) is 48.0 Å². The van der Waals surface area contributed by atoms with Crippen LogP contribution in [0.5, 0.6) is 5.75 Å². The number of amides is 1. The zero-order valence-corrected chi connectivity index (χ0v) is 14.9. The maximum absolute atomic E-state index is 12.3. The van der Waals surface area contributed by atoms with Gasteiger partial charge in [0.2, 0.25) is 5.91 Å². The van der Waals surface area contributed by atoms with E-state index in [1.165, 1.54) is 0 Å². The van der Waals surface area contributed by atoms with Crippen LogP contribution in [0, 0.1) is 0 Å². The smallest absolute Gasteiger partial charge is 0.225 e. The van der Waals surface area contributed by atoms with Gasteiger partial charge in [-0.3, -0.25) is 4.79 Å². The zero-order valence-electron chi connectivity index (χ0n) is 14.9. The van der Waals surface area contributed by atoms with Crippen molar-refractivity contribution in [1.29, 1.82) is 0 Å². The van der Waals surface area contributed by atoms with Gasteiger partial charge in [0, 0.05) is 13.2 Å². The monoisotopic (exact) mass is 343 g/mol. The van der Waals surface area contributed by atoms with Gasteiger partial charge in [-0.25, -0.2) is 0 Å². The van der Waals surface area contributed by atoms with E-state index in [0.29, 0.717) is 39.3 Å². The first-order chi connectivity index (χ1) is 12.2. The minimum Gasteiger partial charge on any atom is -0.497 e. The highest BCUT2D eigenvalue weighted by atomic mass is 16.5. The summed E-state index contributed by atoms with van der Waals surface area (Å²) in [6.07, 6.45) is 0.342. The molecule has 1 atom stereocenters. The fraction of sp³-hybridized carbons (Fsp3) is 0.450. The van der Waals surface area contributed by atoms with E-state index in [-0.39, 0.29) is 12.0 Å². The molecule has 2 aromatic rings. The summed E-state index contributed by atoms with van der Waals surface area (Å²) >= 11 is 0. The zero-order chi connectivity index (χ0) is 17.6. The Morgan fingerprint density at radius 1 is 1.24 bits per heavy atom. The Kier molecular flexibility index (Phi) is 5.89. The van der Waals surface area contributed by atoms with Gasteiger partial charge in [0.25, 0.3) is 0 Å². The maximum atomic E-state index is 12.3. The molecule has 1 aliphatic heterocycles. The van der Waals surface area contributed by atoms with E-state index >= 15 is 0 Å². The number of carbonyl (C=O) groups is 1. The SMILES string of the molecule is CCOCCC(=O)N1CCO[C@@H](c2ccc3cc(OC)ccc3c2)C1. The maximum Gasteiger partial charge on any atom is 0.225 e. The van der Waals surface area contributed by atoms with Crippen LogP contribution in [0.1, 0.15) is 25.0 Å². The average Bonchev–Trinajstić information content (AvgIpc) is 2.67. The Balaban J connectivity index is 1.70. The van der Waals surface area contributed by atoms with Crippen LogP contribution in [-0.2, 0) is 14.3 Å². The lowest BCUT2D eigenvalue weighted by Crippen LogP contribution is -2.42. The molecule has 0 aromatic heterocycles. The molecule has 5 nitrogen and oxygen atoms in total. The third-order valence-electron chi connectivity index (χ3n) is 4.53. The van der Waals surface area contributed by atoms with Gasteiger partial charge in [-0.1, -0.05) is 18.2 Å². The van der Waals surface area contributed by atoms with Crippen molar-refractivity contribution in [3.63, 3.8) is 0 Å². The number of morpholine rings is 1. The van der Waals surface area contributed by atoms with E-state index in [1.54, 1.807) is 7.11 Å². The Labute approximate surface area is 148 Å². The minimum absolute atomic E-state index is 0.0868. The molecule has 1 fully saturated rings. The van der Waals surface area contributed by atoms with Crippen molar-refractivity contribution in [3.8, 4) is 5.75 Å². The van der Waals surface area contributed by atoms with E-state index in [4.69, 9.17) is 14.2 Å². The molecular formula is C20H25NO4. The normalized spacial score (nSPS) is 17.7. The van der Waals surface area contributed by atoms with Crippen LogP contribution in [0.4, 0.5) is 0 Å². The number of hydrogen-bond donors (Lipinski definition) is 0. The van der Waals surface area contributed by atoms with E-state index in [1.807, 2.05) is 30.0 Å². The number of carbonyl (C=O) groups excluding carboxylic acids is 1. The summed E-state index contributed by atoms with van der Waals surface area (Å²) in [5, 5.41) is 2.27. The van der Waals surface area contributed by atoms with Gasteiger partial charge >= 0.3 is 0 Å². The summed E-state index contributed by atoms with van der Waals surface area (Å²) in [5.41, 5.74) is 1.10. The Bertz CT molecular complexity index is 731. The summed E-state index contributed by atoms with van der Waals surface area (Å²) in [4.78, 5) is 14.2. The summed E-state index contributed by atoms with van der Waals surface area (Å²) in [6, 6.07) is 12.3. The molecule has 25 heavy (non-hydrogen) atoms. The second kappa shape index (κ2) is 8.32. The Morgan fingerprint density at radius 2 is 2.04 bits per heavy atom. The highest BCUT2D eigenvalue weighted by Crippen LogP contribution is 2.28. The molecular weight excluding hydrogens is 318 g/mol. The van der Waals surface area contributed by atoms with Crippen molar-refractivity contribution < 1.29 is 19.0 Å². The number of hydrogen-bond acceptors (Lipinski definition) is 4. The number of benzene rings is 2. The van der Waals surface area contributed by atoms with Crippen LogP contribution in [0.3, 0.4) is 0 Å². The summed E-state index contributed by atoms with van der Waals surface area (Å²) in [7, 11) is 1.67. The molecule has 1 aliphatic rings. The quantitative estimate of drug-likeness (QED) is 0.756. The van der Waals surface area contributed by atoms with Crippen LogP contribution in [-0.4, -0.2) is 50.8 Å². The molecule has 134 valence electrons. The fourth-order valence-electron chi connectivity index (χ4n) is 3.11. The molecule has 0 bridgehead atoms. The van der Waals surface area contributed by atoms with Gasteiger partial charge in [-0.05, 0) is 41.5 Å². The first kappa shape index (κ1) is 17.7. The van der Waals surface area contributed by atoms with Gasteiger partial charge in [0.05, 0.1) is 33.3 Å². The van der Waals surface area contributed by atoms with Crippen LogP contribution in [0.2, 0.25) is 0 Å². The second-order valence-corrected chi connectivity index (χ2v) is 6.12. The highest BCUT2D eigenvalue weighted by Gasteiger charge is 2.25. The molecule has 1 saturated heterocycles. The van der Waals surface area contributed by atoms with Gasteiger partial charge in [-0.15, -0.1) is 0 Å². The van der Waals surface area contributed by atoms with Crippen molar-refractivity contribution >= 4 is 16.7 Å². The standard InChI is InChI=1S/C20H25NO4/c1-3-24-10-8-20(22)21-9-11-25-19(14-21)17-5-4-16-13-18(23-2)7-6-15(16)12-17/h4-7,12-13,19H,3,8-11,14H2,1-2H3/t19-/m1/s1. The van der Waals surface area contributed by atoms with Gasteiger partial charge in [0.1, 0.15) is 11.9 Å². The van der Waals surface area contributed by atoms with Gasteiger partial charge in [0.15, 0.2) is 0 Å². The van der Waals surface area contributed by atoms with Crippen molar-refractivity contribution in [3.05, 3.63) is 42.0 Å². The largest absolute Gasteiger partial charge is 0.497 e. The molecule has 0 N–H and O–H groups in total. The molecule has 3 rings (SSSR count). The van der Waals surface area contributed by atoms with Crippen molar-refractivity contribution in [1.82, 2.24) is 4.90 Å². The van der Waals surface area contributed by atoms with Crippen molar-refractivity contribution in [2.75, 3.05) is 40.0 Å². The average molecular weight is 343 g/mol. The molecule has 1 heterocycles. The van der Waals surface area contributed by atoms with Crippen LogP contribution in [0.25, 0.3) is 10.8 Å². The summed E-state index contributed by atoms with van der Waals surface area (Å²) < 4.78 is 16.5. The van der Waals surface area contributed by atoms with E-state index in [0.717, 1.165) is 22.1 Å². The summed E-state index contributed by atoms with van der Waals surface area (Å²) in [6.45, 7) is 4.85. The lowest BCUT2D eigenvalue weighted by molar-refractivity contribution is -0.140. The molecule has 0 unspecified atom stereocenters. The van der Waals surface area contributed by atoms with Crippen molar-refractivity contribution in [2.45, 2.75) is 19.4 Å². The molecule has 2 aromatic carbocycles. The number of rotatable bonds is 6. The van der Waals surface area contributed by atoms with E-state index in [9.17, 15) is 4.79 Å². The first-order valence-corrected chi connectivity index (χ1v) is 8.76. The number of methoxy groups -OCH3 is 1. The van der Waals surface area contributed by atoms with Crippen LogP contribution < -0.4 is 4.74 Å². The second-order valence-electron chi connectivity index (χ2n) is 6.12. The number of nitrogens with zero attached hydrogens (tertiary/aromatic N) is 1. The molecule has 0 radical (unpaired) electrons. The Hall–Kier alpha value is -2.11. The molecule has 0 spiro atoms. The Morgan fingerprint density at radius 3 is 2.84 bits per heavy atom. The number of ether oxygens (including phenoxy) is 3.